The van der Waals surface area contributed by atoms with Crippen molar-refractivity contribution < 1.29 is 9.47 Å². The average molecular weight is 241 g/mol. The zero-order chi connectivity index (χ0) is 11.9. The van der Waals surface area contributed by atoms with E-state index in [9.17, 15) is 0 Å². The minimum atomic E-state index is 0.551. The maximum Gasteiger partial charge on any atom is 0.0576 e. The van der Waals surface area contributed by atoms with Gasteiger partial charge in [0, 0.05) is 25.9 Å². The third-order valence-corrected chi connectivity index (χ3v) is 4.17. The van der Waals surface area contributed by atoms with Crippen LogP contribution in [0.15, 0.2) is 0 Å². The highest BCUT2D eigenvalue weighted by Crippen LogP contribution is 2.19. The fraction of sp³-hybridized carbons (Fsp3) is 1.00. The molecule has 0 aromatic rings. The highest BCUT2D eigenvalue weighted by molar-refractivity contribution is 4.75. The fourth-order valence-electron chi connectivity index (χ4n) is 2.91. The van der Waals surface area contributed by atoms with E-state index in [2.05, 4.69) is 12.2 Å². The van der Waals surface area contributed by atoms with Gasteiger partial charge < -0.3 is 14.8 Å². The predicted octanol–water partition coefficient (Wildman–Crippen LogP) is 2.35. The summed E-state index contributed by atoms with van der Waals surface area (Å²) >= 11 is 0. The van der Waals surface area contributed by atoms with Crippen LogP contribution in [0.25, 0.3) is 0 Å². The summed E-state index contributed by atoms with van der Waals surface area (Å²) in [7, 11) is 0. The van der Waals surface area contributed by atoms with Crippen molar-refractivity contribution in [3.63, 3.8) is 0 Å². The smallest absolute Gasteiger partial charge is 0.0576 e. The van der Waals surface area contributed by atoms with E-state index in [4.69, 9.17) is 9.47 Å². The van der Waals surface area contributed by atoms with Crippen LogP contribution in [-0.2, 0) is 9.47 Å². The highest BCUT2D eigenvalue weighted by atomic mass is 16.5. The second kappa shape index (κ2) is 7.34. The first-order valence-electron chi connectivity index (χ1n) is 7.29. The lowest BCUT2D eigenvalue weighted by Crippen LogP contribution is -2.37. The molecule has 0 radical (unpaired) electrons. The number of ether oxygens (including phenoxy) is 2. The summed E-state index contributed by atoms with van der Waals surface area (Å²) in [6, 6.07) is 0.642. The first-order chi connectivity index (χ1) is 8.36. The minimum Gasteiger partial charge on any atom is -0.381 e. The quantitative estimate of drug-likeness (QED) is 0.724. The van der Waals surface area contributed by atoms with Crippen molar-refractivity contribution in [3.05, 3.63) is 0 Å². The largest absolute Gasteiger partial charge is 0.381 e. The summed E-state index contributed by atoms with van der Waals surface area (Å²) in [6.07, 6.45) is 8.01. The SMILES string of the molecule is CC(NCCCC1CCCO1)C1CCOCC1. The molecule has 0 saturated carbocycles. The summed E-state index contributed by atoms with van der Waals surface area (Å²) in [5, 5.41) is 3.67. The highest BCUT2D eigenvalue weighted by Gasteiger charge is 2.20. The lowest BCUT2D eigenvalue weighted by atomic mass is 9.93. The lowest BCUT2D eigenvalue weighted by Gasteiger charge is -2.28. The molecular formula is C14H27NO2. The molecule has 100 valence electrons. The van der Waals surface area contributed by atoms with Gasteiger partial charge in [0.1, 0.15) is 0 Å². The number of hydrogen-bond acceptors (Lipinski definition) is 3. The third kappa shape index (κ3) is 4.57. The van der Waals surface area contributed by atoms with Crippen LogP contribution in [0.2, 0.25) is 0 Å². The summed E-state index contributed by atoms with van der Waals surface area (Å²) in [6.45, 7) is 6.34. The lowest BCUT2D eigenvalue weighted by molar-refractivity contribution is 0.0556. The minimum absolute atomic E-state index is 0.551. The van der Waals surface area contributed by atoms with E-state index in [0.717, 1.165) is 32.3 Å². The van der Waals surface area contributed by atoms with E-state index in [1.165, 1.54) is 38.5 Å². The van der Waals surface area contributed by atoms with Gasteiger partial charge in [0.2, 0.25) is 0 Å². The van der Waals surface area contributed by atoms with Gasteiger partial charge in [0.15, 0.2) is 0 Å². The van der Waals surface area contributed by atoms with Crippen LogP contribution in [-0.4, -0.2) is 38.5 Å². The Bertz CT molecular complexity index is 198. The van der Waals surface area contributed by atoms with Crippen LogP contribution < -0.4 is 5.32 Å². The maximum absolute atomic E-state index is 5.63. The molecule has 2 saturated heterocycles. The Morgan fingerprint density at radius 1 is 1.18 bits per heavy atom. The molecule has 2 aliphatic rings. The average Bonchev–Trinajstić information content (AvgIpc) is 2.88. The standard InChI is InChI=1S/C14H27NO2/c1-12(13-6-10-16-11-7-13)15-8-2-4-14-5-3-9-17-14/h12-15H,2-11H2,1H3. The predicted molar refractivity (Wildman–Crippen MR) is 69.2 cm³/mol. The van der Waals surface area contributed by atoms with Crippen molar-refractivity contribution in [2.24, 2.45) is 5.92 Å². The van der Waals surface area contributed by atoms with E-state index in [0.29, 0.717) is 12.1 Å². The first kappa shape index (κ1) is 13.3. The molecule has 3 nitrogen and oxygen atoms in total. The Morgan fingerprint density at radius 2 is 2.00 bits per heavy atom. The Morgan fingerprint density at radius 3 is 2.71 bits per heavy atom. The second-order valence-corrected chi connectivity index (χ2v) is 5.47. The van der Waals surface area contributed by atoms with E-state index in [-0.39, 0.29) is 0 Å². The van der Waals surface area contributed by atoms with Gasteiger partial charge in [-0.2, -0.15) is 0 Å². The molecule has 0 amide bonds. The Labute approximate surface area is 105 Å². The molecule has 0 bridgehead atoms. The van der Waals surface area contributed by atoms with Gasteiger partial charge in [-0.05, 0) is 57.9 Å². The molecule has 2 rings (SSSR count). The van der Waals surface area contributed by atoms with Crippen LogP contribution in [0.5, 0.6) is 0 Å². The monoisotopic (exact) mass is 241 g/mol. The van der Waals surface area contributed by atoms with E-state index in [1.54, 1.807) is 0 Å². The van der Waals surface area contributed by atoms with Gasteiger partial charge in [0.05, 0.1) is 6.10 Å². The van der Waals surface area contributed by atoms with Gasteiger partial charge in [-0.3, -0.25) is 0 Å². The van der Waals surface area contributed by atoms with Crippen molar-refractivity contribution in [2.45, 2.75) is 57.6 Å². The molecule has 2 heterocycles. The van der Waals surface area contributed by atoms with E-state index < -0.39 is 0 Å². The van der Waals surface area contributed by atoms with Crippen molar-refractivity contribution in [1.29, 1.82) is 0 Å². The molecule has 1 N–H and O–H groups in total. The summed E-state index contributed by atoms with van der Waals surface area (Å²) in [5.74, 6) is 0.812. The van der Waals surface area contributed by atoms with Gasteiger partial charge in [-0.15, -0.1) is 0 Å². The van der Waals surface area contributed by atoms with Crippen molar-refractivity contribution in [3.8, 4) is 0 Å². The number of hydrogen-bond donors (Lipinski definition) is 1. The van der Waals surface area contributed by atoms with Crippen molar-refractivity contribution >= 4 is 0 Å². The zero-order valence-corrected chi connectivity index (χ0v) is 11.1. The van der Waals surface area contributed by atoms with E-state index in [1.807, 2.05) is 0 Å². The topological polar surface area (TPSA) is 30.5 Å². The Balaban J connectivity index is 1.51. The van der Waals surface area contributed by atoms with Crippen LogP contribution in [0.4, 0.5) is 0 Å². The number of rotatable bonds is 6. The molecule has 0 aromatic carbocycles. The molecular weight excluding hydrogens is 214 g/mol. The third-order valence-electron chi connectivity index (χ3n) is 4.17. The zero-order valence-electron chi connectivity index (χ0n) is 11.1. The molecule has 2 atom stereocenters. The molecule has 2 fully saturated rings. The van der Waals surface area contributed by atoms with Gasteiger partial charge in [-0.25, -0.2) is 0 Å². The summed E-state index contributed by atoms with van der Waals surface area (Å²) in [5.41, 5.74) is 0. The van der Waals surface area contributed by atoms with E-state index >= 15 is 0 Å². The molecule has 2 unspecified atom stereocenters. The molecule has 0 aliphatic carbocycles. The Hall–Kier alpha value is -0.120. The summed E-state index contributed by atoms with van der Waals surface area (Å²) < 4.78 is 11.0. The van der Waals surface area contributed by atoms with Crippen LogP contribution in [0.1, 0.15) is 45.4 Å². The normalized spacial score (nSPS) is 28.4. The fourth-order valence-corrected chi connectivity index (χ4v) is 2.91. The molecule has 0 aromatic heterocycles. The van der Waals surface area contributed by atoms with Gasteiger partial charge in [-0.1, -0.05) is 0 Å². The van der Waals surface area contributed by atoms with Crippen LogP contribution in [0, 0.1) is 5.92 Å². The maximum atomic E-state index is 5.63. The van der Waals surface area contributed by atoms with Gasteiger partial charge in [0.25, 0.3) is 0 Å². The van der Waals surface area contributed by atoms with Crippen LogP contribution in [0.3, 0.4) is 0 Å². The summed E-state index contributed by atoms with van der Waals surface area (Å²) in [4.78, 5) is 0. The van der Waals surface area contributed by atoms with Crippen molar-refractivity contribution in [1.82, 2.24) is 5.32 Å². The molecule has 2 aliphatic heterocycles. The van der Waals surface area contributed by atoms with Crippen LogP contribution >= 0.6 is 0 Å². The first-order valence-corrected chi connectivity index (χ1v) is 7.29. The molecule has 3 heteroatoms. The molecule has 17 heavy (non-hydrogen) atoms. The Kier molecular flexibility index (Phi) is 5.75. The second-order valence-electron chi connectivity index (χ2n) is 5.47. The van der Waals surface area contributed by atoms with Crippen molar-refractivity contribution in [2.75, 3.05) is 26.4 Å². The van der Waals surface area contributed by atoms with Gasteiger partial charge >= 0.3 is 0 Å². The molecule has 0 spiro atoms. The number of nitrogens with one attached hydrogen (secondary N) is 1.